The van der Waals surface area contributed by atoms with E-state index in [0.717, 1.165) is 0 Å². The Morgan fingerprint density at radius 2 is 0.676 bits per heavy atom. The molecule has 0 N–H and O–H groups in total. The topological polar surface area (TPSA) is 18.5 Å². The zero-order valence-corrected chi connectivity index (χ0v) is 30.1. The molecule has 4 aromatic carbocycles. The number of benzene rings is 4. The number of hydrogen-bond acceptors (Lipinski definition) is 2. The van der Waals surface area contributed by atoms with Crippen molar-refractivity contribution in [3.63, 3.8) is 0 Å². The molecule has 0 fully saturated rings. The van der Waals surface area contributed by atoms with Crippen molar-refractivity contribution in [1.82, 2.24) is 0 Å². The van der Waals surface area contributed by atoms with Crippen LogP contribution in [0.1, 0.15) is 0 Å². The Morgan fingerprint density at radius 1 is 0.441 bits per heavy atom. The van der Waals surface area contributed by atoms with Gasteiger partial charge in [0.2, 0.25) is 0 Å². The van der Waals surface area contributed by atoms with Gasteiger partial charge in [0.15, 0.2) is 0 Å². The maximum absolute atomic E-state index is 6.04. The SMILES string of the molecule is C[O][Bi]([CH3])([O]C)([c]1ccccc1)[c]1ccccc1.[CH3][Bi]([Br])([Br])([c]1ccccc1)[c]1ccccc1. The van der Waals surface area contributed by atoms with Gasteiger partial charge in [-0.1, -0.05) is 0 Å². The molecule has 0 amide bonds. The van der Waals surface area contributed by atoms with Crippen LogP contribution in [-0.2, 0) is 5.63 Å². The minimum absolute atomic E-state index is 1.18. The van der Waals surface area contributed by atoms with E-state index in [1.807, 2.05) is 36.4 Å². The van der Waals surface area contributed by atoms with E-state index in [0.29, 0.717) is 0 Å². The van der Waals surface area contributed by atoms with Crippen LogP contribution in [0.3, 0.4) is 0 Å². The Morgan fingerprint density at radius 3 is 0.912 bits per heavy atom. The van der Waals surface area contributed by atoms with Gasteiger partial charge >= 0.3 is 222 Å². The molecule has 0 saturated carbocycles. The molecule has 0 spiro atoms. The van der Waals surface area contributed by atoms with E-state index in [-0.39, 0.29) is 0 Å². The number of halogens is 2. The van der Waals surface area contributed by atoms with Crippen LogP contribution < -0.4 is 13.1 Å². The Balaban J connectivity index is 0.000000192. The molecule has 0 unspecified atom stereocenters. The second-order valence-electron chi connectivity index (χ2n) is 8.37. The van der Waals surface area contributed by atoms with E-state index in [4.69, 9.17) is 5.63 Å². The first kappa shape index (κ1) is 28.1. The zero-order chi connectivity index (χ0) is 24.8. The van der Waals surface area contributed by atoms with Gasteiger partial charge in [-0.05, 0) is 0 Å². The molecule has 0 aliphatic carbocycles. The quantitative estimate of drug-likeness (QED) is 0.230. The van der Waals surface area contributed by atoms with E-state index < -0.39 is 33.7 Å². The predicted molar refractivity (Wildman–Crippen MR) is 159 cm³/mol. The maximum atomic E-state index is 6.04. The van der Waals surface area contributed by atoms with Gasteiger partial charge in [0, 0.05) is 0 Å². The van der Waals surface area contributed by atoms with Crippen molar-refractivity contribution in [2.45, 2.75) is 9.26 Å². The van der Waals surface area contributed by atoms with Crippen molar-refractivity contribution in [2.24, 2.45) is 0 Å². The van der Waals surface area contributed by atoms with Crippen LogP contribution in [0.15, 0.2) is 121 Å². The van der Waals surface area contributed by atoms with E-state index in [1.165, 1.54) is 13.1 Å². The van der Waals surface area contributed by atoms with Gasteiger partial charge < -0.3 is 0 Å². The summed E-state index contributed by atoms with van der Waals surface area (Å²) in [5.41, 5.74) is 0. The van der Waals surface area contributed by atoms with Gasteiger partial charge in [-0.3, -0.25) is 0 Å². The van der Waals surface area contributed by atoms with Crippen LogP contribution in [-0.4, -0.2) is 48.0 Å². The van der Waals surface area contributed by atoms with E-state index in [1.54, 1.807) is 14.2 Å². The third kappa shape index (κ3) is 5.74. The molecule has 6 heteroatoms. The van der Waals surface area contributed by atoms with Crippen molar-refractivity contribution in [2.75, 3.05) is 14.2 Å². The zero-order valence-electron chi connectivity index (χ0n) is 20.0. The first-order valence-electron chi connectivity index (χ1n) is 11.0. The molecule has 180 valence electrons. The predicted octanol–water partition coefficient (Wildman–Crippen LogP) is 5.74. The van der Waals surface area contributed by atoms with Crippen LogP contribution in [0.2, 0.25) is 9.26 Å². The second kappa shape index (κ2) is 11.3. The number of rotatable bonds is 6. The van der Waals surface area contributed by atoms with Gasteiger partial charge in [-0.15, -0.1) is 0 Å². The molecule has 0 radical (unpaired) electrons. The first-order valence-corrected chi connectivity index (χ1v) is 42.8. The monoisotopic (exact) mass is 976 g/mol. The van der Waals surface area contributed by atoms with Crippen molar-refractivity contribution >= 4 is 71.3 Å². The third-order valence-electron chi connectivity index (χ3n) is 6.27. The summed E-state index contributed by atoms with van der Waals surface area (Å²) in [5, 5.41) is 0. The van der Waals surface area contributed by atoms with Gasteiger partial charge in [0.25, 0.3) is 0 Å². The second-order valence-corrected chi connectivity index (χ2v) is 79.4. The molecule has 4 rings (SSSR count). The first-order chi connectivity index (χ1) is 16.1. The number of hydrogen-bond donors (Lipinski definition) is 0. The molecule has 0 saturated heterocycles. The standard InChI is InChI=1S/4C6H5.2CH3O.2CH3.2Bi.2BrH/c4*1-2-4-6-5-3-1;2*1-2;;;;;;/h4*1-5H;2*1H3;2*1H3;;;2*1H/q;;;;2*-1;;;2*+2;;/p-2. The summed E-state index contributed by atoms with van der Waals surface area (Å²) in [6.07, 6.45) is 0. The average molecular weight is 978 g/mol. The van der Waals surface area contributed by atoms with Crippen molar-refractivity contribution in [3.8, 4) is 0 Å². The summed E-state index contributed by atoms with van der Waals surface area (Å²) >= 11 is 0.683. The summed E-state index contributed by atoms with van der Waals surface area (Å²) in [5.74, 6) is 0. The van der Waals surface area contributed by atoms with Gasteiger partial charge in [0.1, 0.15) is 0 Å². The van der Waals surface area contributed by atoms with Crippen LogP contribution in [0, 0.1) is 0 Å². The summed E-state index contributed by atoms with van der Waals surface area (Å²) in [6.45, 7) is 0. The summed E-state index contributed by atoms with van der Waals surface area (Å²) in [7, 11) is 3.52. The fourth-order valence-corrected chi connectivity index (χ4v) is 31.6. The molecule has 0 aliphatic heterocycles. The third-order valence-corrected chi connectivity index (χ3v) is 50.5. The Hall–Kier alpha value is -0.474. The Kier molecular flexibility index (Phi) is 9.33. The van der Waals surface area contributed by atoms with E-state index in [9.17, 15) is 0 Å². The molecular weight excluding hydrogens is 946 g/mol. The van der Waals surface area contributed by atoms with Crippen molar-refractivity contribution < 1.29 is 5.63 Å². The van der Waals surface area contributed by atoms with E-state index in [2.05, 4.69) is 119 Å². The van der Waals surface area contributed by atoms with Crippen LogP contribution in [0.4, 0.5) is 0 Å². The van der Waals surface area contributed by atoms with E-state index >= 15 is 0 Å². The molecule has 0 aliphatic rings. The average Bonchev–Trinajstić information content (AvgIpc) is 2.91. The fourth-order valence-electron chi connectivity index (χ4n) is 3.87. The van der Waals surface area contributed by atoms with Gasteiger partial charge in [-0.2, -0.15) is 0 Å². The molecular formula is C28H32Bi2Br2O2. The molecule has 0 aromatic heterocycles. The molecule has 2 nitrogen and oxygen atoms in total. The summed E-state index contributed by atoms with van der Waals surface area (Å²) in [4.78, 5) is 0. The van der Waals surface area contributed by atoms with Gasteiger partial charge in [0.05, 0.1) is 0 Å². The molecule has 0 bridgehead atoms. The normalized spacial score (nSPS) is 13.9. The van der Waals surface area contributed by atoms with Crippen LogP contribution in [0.25, 0.3) is 0 Å². The summed E-state index contributed by atoms with van der Waals surface area (Å²) in [6, 6.07) is 41.9. The fraction of sp³-hybridized carbons (Fsp3) is 0.143. The molecule has 0 heterocycles. The molecule has 0 atom stereocenters. The van der Waals surface area contributed by atoms with Crippen molar-refractivity contribution in [3.05, 3.63) is 121 Å². The Labute approximate surface area is 219 Å². The minimum atomic E-state index is -4.07. The molecule has 34 heavy (non-hydrogen) atoms. The van der Waals surface area contributed by atoms with Gasteiger partial charge in [-0.25, -0.2) is 0 Å². The summed E-state index contributed by atoms with van der Waals surface area (Å²) < 4.78 is 21.7. The molecule has 4 aromatic rings. The van der Waals surface area contributed by atoms with Crippen LogP contribution in [0.5, 0.6) is 0 Å². The Bertz CT molecular complexity index is 1090. The van der Waals surface area contributed by atoms with Crippen molar-refractivity contribution in [1.29, 1.82) is 0 Å². The van der Waals surface area contributed by atoms with Crippen LogP contribution >= 0.6 is 24.4 Å².